The van der Waals surface area contributed by atoms with E-state index in [0.717, 1.165) is 24.8 Å². The number of amidine groups is 1. The van der Waals surface area contributed by atoms with Crippen molar-refractivity contribution in [2.45, 2.75) is 51.6 Å². The number of thioether (sulfide) groups is 1. The van der Waals surface area contributed by atoms with Crippen molar-refractivity contribution < 1.29 is 4.42 Å². The smallest absolute Gasteiger partial charge is 0.159 e. The molecule has 1 fully saturated rings. The van der Waals surface area contributed by atoms with Gasteiger partial charge in [0.05, 0.1) is 12.8 Å². The van der Waals surface area contributed by atoms with E-state index in [1.54, 1.807) is 6.26 Å². The zero-order valence-electron chi connectivity index (χ0n) is 12.3. The molecule has 1 aliphatic carbocycles. The number of aliphatic imine (C=N–C) groups is 1. The average Bonchev–Trinajstić information content (AvgIpc) is 3.00. The zero-order chi connectivity index (χ0) is 13.8. The van der Waals surface area contributed by atoms with Gasteiger partial charge in [-0.05, 0) is 37.3 Å². The number of rotatable bonds is 3. The van der Waals surface area contributed by atoms with Crippen LogP contribution in [0.25, 0.3) is 0 Å². The summed E-state index contributed by atoms with van der Waals surface area (Å²) in [5.41, 5.74) is 0. The van der Waals surface area contributed by atoms with Gasteiger partial charge in [-0.3, -0.25) is 4.99 Å². The lowest BCUT2D eigenvalue weighted by atomic mass is 9.85. The molecule has 0 spiro atoms. The summed E-state index contributed by atoms with van der Waals surface area (Å²) in [6.07, 6.45) is 8.35. The molecule has 110 valence electrons. The summed E-state index contributed by atoms with van der Waals surface area (Å²) < 4.78 is 5.57. The summed E-state index contributed by atoms with van der Waals surface area (Å²) >= 11 is 1.92. The van der Waals surface area contributed by atoms with Crippen molar-refractivity contribution in [1.29, 1.82) is 0 Å². The van der Waals surface area contributed by atoms with Crippen molar-refractivity contribution in [3.8, 4) is 0 Å². The summed E-state index contributed by atoms with van der Waals surface area (Å²) in [5, 5.41) is 1.24. The van der Waals surface area contributed by atoms with Crippen molar-refractivity contribution >= 4 is 16.9 Å². The number of furan rings is 1. The Morgan fingerprint density at radius 1 is 1.35 bits per heavy atom. The Morgan fingerprint density at radius 2 is 2.25 bits per heavy atom. The van der Waals surface area contributed by atoms with Crippen LogP contribution >= 0.6 is 11.8 Å². The molecule has 0 bridgehead atoms. The van der Waals surface area contributed by atoms with Gasteiger partial charge in [0.1, 0.15) is 5.76 Å². The fraction of sp³-hybridized carbons (Fsp3) is 0.688. The molecule has 2 unspecified atom stereocenters. The highest BCUT2D eigenvalue weighted by Gasteiger charge is 2.30. The molecule has 0 amide bonds. The first kappa shape index (κ1) is 14.1. The van der Waals surface area contributed by atoms with Gasteiger partial charge < -0.3 is 9.32 Å². The average molecular weight is 292 g/mol. The molecule has 1 aromatic heterocycles. The van der Waals surface area contributed by atoms with E-state index in [1.165, 1.54) is 43.0 Å². The first-order valence-corrected chi connectivity index (χ1v) is 8.79. The Morgan fingerprint density at radius 3 is 2.95 bits per heavy atom. The Labute approximate surface area is 125 Å². The first-order valence-electron chi connectivity index (χ1n) is 7.81. The molecule has 1 saturated carbocycles. The van der Waals surface area contributed by atoms with Crippen LogP contribution in [0.15, 0.2) is 27.8 Å². The Kier molecular flexibility index (Phi) is 4.71. The molecule has 4 heteroatoms. The largest absolute Gasteiger partial charge is 0.467 e. The van der Waals surface area contributed by atoms with Crippen LogP contribution < -0.4 is 0 Å². The van der Waals surface area contributed by atoms with Gasteiger partial charge in [-0.1, -0.05) is 31.5 Å². The predicted molar refractivity (Wildman–Crippen MR) is 85.0 cm³/mol. The summed E-state index contributed by atoms with van der Waals surface area (Å²) in [5.74, 6) is 3.01. The molecule has 20 heavy (non-hydrogen) atoms. The summed E-state index contributed by atoms with van der Waals surface area (Å²) in [7, 11) is 0. The van der Waals surface area contributed by atoms with E-state index in [1.807, 2.05) is 17.8 Å². The molecule has 2 atom stereocenters. The lowest BCUT2D eigenvalue weighted by molar-refractivity contribution is 0.170. The van der Waals surface area contributed by atoms with E-state index in [-0.39, 0.29) is 0 Å². The van der Waals surface area contributed by atoms with Gasteiger partial charge in [-0.25, -0.2) is 0 Å². The SMILES string of the molecule is CC1CCCCC1N(Cc1ccco1)C1=NCCCS1. The van der Waals surface area contributed by atoms with E-state index < -0.39 is 0 Å². The maximum absolute atomic E-state index is 5.57. The molecule has 0 saturated heterocycles. The molecule has 0 aromatic carbocycles. The van der Waals surface area contributed by atoms with Gasteiger partial charge in [0.25, 0.3) is 0 Å². The lowest BCUT2D eigenvalue weighted by Crippen LogP contribution is -2.44. The Balaban J connectivity index is 1.80. The van der Waals surface area contributed by atoms with Gasteiger partial charge in [-0.2, -0.15) is 0 Å². The maximum atomic E-state index is 5.57. The van der Waals surface area contributed by atoms with E-state index in [4.69, 9.17) is 9.41 Å². The van der Waals surface area contributed by atoms with Crippen molar-refractivity contribution in [2.75, 3.05) is 12.3 Å². The minimum absolute atomic E-state index is 0.623. The fourth-order valence-electron chi connectivity index (χ4n) is 3.28. The van der Waals surface area contributed by atoms with E-state index in [2.05, 4.69) is 17.9 Å². The molecular formula is C16H24N2OS. The predicted octanol–water partition coefficient (Wildman–Crippen LogP) is 4.15. The molecule has 1 aliphatic heterocycles. The Bertz CT molecular complexity index is 443. The second kappa shape index (κ2) is 6.70. The number of hydrogen-bond acceptors (Lipinski definition) is 4. The normalized spacial score (nSPS) is 27.1. The van der Waals surface area contributed by atoms with Gasteiger partial charge >= 0.3 is 0 Å². The quantitative estimate of drug-likeness (QED) is 0.838. The van der Waals surface area contributed by atoms with Gasteiger partial charge in [0.2, 0.25) is 0 Å². The molecule has 2 heterocycles. The molecule has 1 aromatic rings. The van der Waals surface area contributed by atoms with Gasteiger partial charge in [0, 0.05) is 18.3 Å². The third kappa shape index (κ3) is 3.22. The van der Waals surface area contributed by atoms with Crippen LogP contribution in [-0.2, 0) is 6.54 Å². The van der Waals surface area contributed by atoms with Crippen LogP contribution in [0, 0.1) is 5.92 Å². The lowest BCUT2D eigenvalue weighted by Gasteiger charge is -2.40. The van der Waals surface area contributed by atoms with Crippen molar-refractivity contribution in [3.63, 3.8) is 0 Å². The van der Waals surface area contributed by atoms with Crippen LogP contribution in [0.5, 0.6) is 0 Å². The van der Waals surface area contributed by atoms with Crippen LogP contribution in [-0.4, -0.2) is 28.4 Å². The summed E-state index contributed by atoms with van der Waals surface area (Å²) in [4.78, 5) is 7.30. The number of nitrogens with zero attached hydrogens (tertiary/aromatic N) is 2. The maximum Gasteiger partial charge on any atom is 0.159 e. The van der Waals surface area contributed by atoms with Crippen molar-refractivity contribution in [3.05, 3.63) is 24.2 Å². The zero-order valence-corrected chi connectivity index (χ0v) is 13.1. The van der Waals surface area contributed by atoms with E-state index in [9.17, 15) is 0 Å². The summed E-state index contributed by atoms with van der Waals surface area (Å²) in [6, 6.07) is 4.68. The molecule has 0 N–H and O–H groups in total. The third-order valence-corrected chi connectivity index (χ3v) is 5.51. The third-order valence-electron chi connectivity index (χ3n) is 4.40. The standard InChI is InChI=1S/C16H24N2OS/c1-13-6-2-3-8-15(13)18(12-14-7-4-10-19-14)16-17-9-5-11-20-16/h4,7,10,13,15H,2-3,5-6,8-9,11-12H2,1H3. The minimum atomic E-state index is 0.623. The monoisotopic (exact) mass is 292 g/mol. The molecule has 3 nitrogen and oxygen atoms in total. The summed E-state index contributed by atoms with van der Waals surface area (Å²) in [6.45, 7) is 4.25. The fourth-order valence-corrected chi connectivity index (χ4v) is 4.28. The van der Waals surface area contributed by atoms with E-state index >= 15 is 0 Å². The molecular weight excluding hydrogens is 268 g/mol. The molecule has 0 radical (unpaired) electrons. The van der Waals surface area contributed by atoms with Crippen LogP contribution in [0.1, 0.15) is 44.8 Å². The number of hydrogen-bond donors (Lipinski definition) is 0. The second-order valence-electron chi connectivity index (χ2n) is 5.90. The molecule has 2 aliphatic rings. The van der Waals surface area contributed by atoms with E-state index in [0.29, 0.717) is 6.04 Å². The Hall–Kier alpha value is -0.900. The highest BCUT2D eigenvalue weighted by atomic mass is 32.2. The van der Waals surface area contributed by atoms with Gasteiger partial charge in [0.15, 0.2) is 5.17 Å². The van der Waals surface area contributed by atoms with Crippen LogP contribution in [0.4, 0.5) is 0 Å². The van der Waals surface area contributed by atoms with Crippen molar-refractivity contribution in [2.24, 2.45) is 10.9 Å². The molecule has 3 rings (SSSR count). The van der Waals surface area contributed by atoms with Crippen LogP contribution in [0.3, 0.4) is 0 Å². The first-order chi connectivity index (χ1) is 9.84. The van der Waals surface area contributed by atoms with Crippen molar-refractivity contribution in [1.82, 2.24) is 4.90 Å². The highest BCUT2D eigenvalue weighted by Crippen LogP contribution is 2.32. The highest BCUT2D eigenvalue weighted by molar-refractivity contribution is 8.13. The van der Waals surface area contributed by atoms with Crippen LogP contribution in [0.2, 0.25) is 0 Å². The minimum Gasteiger partial charge on any atom is -0.467 e. The van der Waals surface area contributed by atoms with Gasteiger partial charge in [-0.15, -0.1) is 0 Å². The topological polar surface area (TPSA) is 28.7 Å². The second-order valence-corrected chi connectivity index (χ2v) is 6.96.